The highest BCUT2D eigenvalue weighted by Crippen LogP contribution is 2.36. The van der Waals surface area contributed by atoms with E-state index in [0.29, 0.717) is 22.4 Å². The predicted molar refractivity (Wildman–Crippen MR) is 97.4 cm³/mol. The molecule has 0 amide bonds. The maximum atomic E-state index is 6.37. The van der Waals surface area contributed by atoms with Crippen LogP contribution in [-0.4, -0.2) is 15.1 Å². The Labute approximate surface area is 154 Å². The van der Waals surface area contributed by atoms with Gasteiger partial charge < -0.3 is 10.3 Å². The van der Waals surface area contributed by atoms with Gasteiger partial charge in [0.05, 0.1) is 10.6 Å². The van der Waals surface area contributed by atoms with Crippen molar-refractivity contribution in [3.05, 3.63) is 40.5 Å². The van der Waals surface area contributed by atoms with Crippen LogP contribution in [-0.2, 0) is 5.54 Å². The fraction of sp³-hybridized carbons (Fsp3) is 0.312. The molecule has 8 heteroatoms. The van der Waals surface area contributed by atoms with E-state index in [4.69, 9.17) is 21.9 Å². The van der Waals surface area contributed by atoms with Crippen molar-refractivity contribution in [1.82, 2.24) is 15.1 Å². The molecule has 2 N–H and O–H groups in total. The number of rotatable bonds is 3. The fourth-order valence-electron chi connectivity index (χ4n) is 2.89. The summed E-state index contributed by atoms with van der Waals surface area (Å²) in [6.45, 7) is 0. The second-order valence-corrected chi connectivity index (χ2v) is 7.07. The fourth-order valence-corrected chi connectivity index (χ4v) is 4.00. The van der Waals surface area contributed by atoms with Gasteiger partial charge in [0.1, 0.15) is 10.7 Å². The Morgan fingerprint density at radius 1 is 1.17 bits per heavy atom. The van der Waals surface area contributed by atoms with Crippen molar-refractivity contribution in [2.24, 2.45) is 5.73 Å². The zero-order valence-electron chi connectivity index (χ0n) is 12.7. The summed E-state index contributed by atoms with van der Waals surface area (Å²) >= 11 is 7.72. The number of hydrogen-bond acceptors (Lipinski definition) is 6. The summed E-state index contributed by atoms with van der Waals surface area (Å²) < 4.78 is 5.38. The van der Waals surface area contributed by atoms with Gasteiger partial charge in [-0.3, -0.25) is 0 Å². The van der Waals surface area contributed by atoms with Crippen LogP contribution in [0.4, 0.5) is 0 Å². The van der Waals surface area contributed by atoms with Gasteiger partial charge in [-0.1, -0.05) is 47.8 Å². The van der Waals surface area contributed by atoms with Gasteiger partial charge in [0.25, 0.3) is 5.89 Å². The minimum atomic E-state index is -0.455. The normalized spacial score (nSPS) is 16.1. The lowest BCUT2D eigenvalue weighted by Gasteiger charge is -2.17. The summed E-state index contributed by atoms with van der Waals surface area (Å²) in [7, 11) is 0. The number of aromatic nitrogens is 3. The smallest absolute Gasteiger partial charge is 0.277 e. The molecule has 2 aromatic heterocycles. The molecule has 0 saturated heterocycles. The Morgan fingerprint density at radius 2 is 1.92 bits per heavy atom. The first-order chi connectivity index (χ1) is 11.2. The zero-order chi connectivity index (χ0) is 15.9. The van der Waals surface area contributed by atoms with Crippen molar-refractivity contribution in [3.8, 4) is 22.2 Å². The molecular formula is C16H16Cl2N4OS. The van der Waals surface area contributed by atoms with Gasteiger partial charge in [0.2, 0.25) is 0 Å². The van der Waals surface area contributed by atoms with Crippen LogP contribution in [0.25, 0.3) is 22.2 Å². The van der Waals surface area contributed by atoms with Crippen LogP contribution >= 0.6 is 35.3 Å². The summed E-state index contributed by atoms with van der Waals surface area (Å²) in [5.74, 6) is 0.989. The highest BCUT2D eigenvalue weighted by molar-refractivity contribution is 7.13. The van der Waals surface area contributed by atoms with E-state index < -0.39 is 5.54 Å². The summed E-state index contributed by atoms with van der Waals surface area (Å²) in [5.41, 5.74) is 7.47. The van der Waals surface area contributed by atoms with Crippen LogP contribution in [0.1, 0.15) is 31.5 Å². The van der Waals surface area contributed by atoms with E-state index in [1.54, 1.807) is 0 Å². The van der Waals surface area contributed by atoms with E-state index in [1.165, 1.54) is 11.3 Å². The first-order valence-electron chi connectivity index (χ1n) is 7.50. The highest BCUT2D eigenvalue weighted by atomic mass is 35.5. The number of nitrogens with zero attached hydrogens (tertiary/aromatic N) is 3. The minimum absolute atomic E-state index is 0. The number of nitrogens with two attached hydrogens (primary N) is 1. The van der Waals surface area contributed by atoms with Crippen molar-refractivity contribution < 1.29 is 4.52 Å². The number of hydrogen-bond donors (Lipinski definition) is 1. The average molecular weight is 383 g/mol. The first kappa shape index (κ1) is 17.4. The molecule has 4 rings (SSSR count). The monoisotopic (exact) mass is 382 g/mol. The standard InChI is InChI=1S/C16H15ClN4OS.ClH/c17-11-6-2-1-5-10(11)14-19-12(9-23-14)13-20-15(21-22-13)16(18)7-3-4-8-16;/h1-2,5-6,9H,3-4,7-8,18H2;1H. The van der Waals surface area contributed by atoms with Gasteiger partial charge in [0.15, 0.2) is 5.82 Å². The van der Waals surface area contributed by atoms with Gasteiger partial charge in [-0.2, -0.15) is 4.98 Å². The molecule has 1 saturated carbocycles. The van der Waals surface area contributed by atoms with Crippen molar-refractivity contribution in [1.29, 1.82) is 0 Å². The number of thiazole rings is 1. The van der Waals surface area contributed by atoms with Crippen LogP contribution in [0.5, 0.6) is 0 Å². The van der Waals surface area contributed by atoms with E-state index in [-0.39, 0.29) is 12.4 Å². The van der Waals surface area contributed by atoms with Crippen molar-refractivity contribution in [2.45, 2.75) is 31.2 Å². The lowest BCUT2D eigenvalue weighted by Crippen LogP contribution is -2.34. The molecule has 24 heavy (non-hydrogen) atoms. The third-order valence-electron chi connectivity index (χ3n) is 4.19. The van der Waals surface area contributed by atoms with Crippen LogP contribution in [0.15, 0.2) is 34.2 Å². The van der Waals surface area contributed by atoms with Gasteiger partial charge >= 0.3 is 0 Å². The molecule has 0 aliphatic heterocycles. The number of benzene rings is 1. The van der Waals surface area contributed by atoms with Crippen molar-refractivity contribution in [3.63, 3.8) is 0 Å². The second-order valence-electron chi connectivity index (χ2n) is 5.80. The Balaban J connectivity index is 0.00000169. The first-order valence-corrected chi connectivity index (χ1v) is 8.75. The molecule has 0 radical (unpaired) electrons. The maximum absolute atomic E-state index is 6.37. The highest BCUT2D eigenvalue weighted by Gasteiger charge is 2.36. The molecule has 1 aliphatic rings. The SMILES string of the molecule is Cl.NC1(c2noc(-c3csc(-c4ccccc4Cl)n3)n2)CCCC1. The molecule has 3 aromatic rings. The lowest BCUT2D eigenvalue weighted by atomic mass is 9.99. The van der Waals surface area contributed by atoms with Crippen LogP contribution in [0, 0.1) is 0 Å². The molecule has 0 bridgehead atoms. The Morgan fingerprint density at radius 3 is 2.67 bits per heavy atom. The lowest BCUT2D eigenvalue weighted by molar-refractivity contribution is 0.372. The third kappa shape index (κ3) is 3.07. The van der Waals surface area contributed by atoms with Crippen molar-refractivity contribution >= 4 is 35.3 Å². The average Bonchev–Trinajstić information content (AvgIpc) is 3.27. The zero-order valence-corrected chi connectivity index (χ0v) is 15.1. The summed E-state index contributed by atoms with van der Waals surface area (Å²) in [5, 5.41) is 7.47. The molecule has 0 unspecified atom stereocenters. The summed E-state index contributed by atoms with van der Waals surface area (Å²) in [6, 6.07) is 7.62. The molecule has 126 valence electrons. The van der Waals surface area contributed by atoms with E-state index >= 15 is 0 Å². The van der Waals surface area contributed by atoms with Crippen LogP contribution in [0.2, 0.25) is 5.02 Å². The molecule has 1 aliphatic carbocycles. The van der Waals surface area contributed by atoms with Crippen LogP contribution in [0.3, 0.4) is 0 Å². The predicted octanol–water partition coefficient (Wildman–Crippen LogP) is 4.66. The van der Waals surface area contributed by atoms with Gasteiger partial charge in [-0.05, 0) is 18.9 Å². The van der Waals surface area contributed by atoms with Crippen LogP contribution < -0.4 is 5.73 Å². The Kier molecular flexibility index (Phi) is 4.92. The number of halogens is 2. The van der Waals surface area contributed by atoms with E-state index in [2.05, 4.69) is 15.1 Å². The maximum Gasteiger partial charge on any atom is 0.277 e. The molecular weight excluding hydrogens is 367 g/mol. The largest absolute Gasteiger partial charge is 0.332 e. The second kappa shape index (κ2) is 6.80. The van der Waals surface area contributed by atoms with Gasteiger partial charge in [0, 0.05) is 10.9 Å². The minimum Gasteiger partial charge on any atom is -0.332 e. The molecule has 0 spiro atoms. The molecule has 5 nitrogen and oxygen atoms in total. The van der Waals surface area contributed by atoms with Gasteiger partial charge in [-0.25, -0.2) is 4.98 Å². The molecule has 1 fully saturated rings. The van der Waals surface area contributed by atoms with Gasteiger partial charge in [-0.15, -0.1) is 23.7 Å². The van der Waals surface area contributed by atoms with E-state index in [9.17, 15) is 0 Å². The Hall–Kier alpha value is -1.47. The summed E-state index contributed by atoms with van der Waals surface area (Å²) in [6.07, 6.45) is 4.00. The quantitative estimate of drug-likeness (QED) is 0.712. The Bertz CT molecular complexity index is 842. The summed E-state index contributed by atoms with van der Waals surface area (Å²) in [4.78, 5) is 9.04. The van der Waals surface area contributed by atoms with Crippen molar-refractivity contribution in [2.75, 3.05) is 0 Å². The topological polar surface area (TPSA) is 77.8 Å². The molecule has 2 heterocycles. The molecule has 0 atom stereocenters. The van der Waals surface area contributed by atoms with E-state index in [0.717, 1.165) is 36.3 Å². The van der Waals surface area contributed by atoms with E-state index in [1.807, 2.05) is 29.6 Å². The third-order valence-corrected chi connectivity index (χ3v) is 5.40. The molecule has 1 aromatic carbocycles.